The summed E-state index contributed by atoms with van der Waals surface area (Å²) in [5, 5.41) is 3.35. The smallest absolute Gasteiger partial charge is 0.336 e. The fourth-order valence-corrected chi connectivity index (χ4v) is 5.32. The van der Waals surface area contributed by atoms with Crippen molar-refractivity contribution < 1.29 is 23.5 Å². The summed E-state index contributed by atoms with van der Waals surface area (Å²) in [7, 11) is 1.62. The number of benzene rings is 2. The molecule has 184 valence electrons. The quantitative estimate of drug-likeness (QED) is 0.386. The molecule has 2 aliphatic rings. The Kier molecular flexibility index (Phi) is 7.96. The average Bonchev–Trinajstić information content (AvgIpc) is 2.86. The summed E-state index contributed by atoms with van der Waals surface area (Å²) >= 11 is 1.69. The molecule has 2 atom stereocenters. The van der Waals surface area contributed by atoms with Gasteiger partial charge in [-0.2, -0.15) is 11.8 Å². The number of ketones is 1. The van der Waals surface area contributed by atoms with Gasteiger partial charge in [-0.15, -0.1) is 0 Å². The van der Waals surface area contributed by atoms with Crippen molar-refractivity contribution in [3.8, 4) is 5.75 Å². The van der Waals surface area contributed by atoms with Crippen LogP contribution in [0.3, 0.4) is 0 Å². The Morgan fingerprint density at radius 2 is 1.77 bits per heavy atom. The Labute approximate surface area is 209 Å². The fraction of sp³-hybridized carbons (Fsp3) is 0.357. The summed E-state index contributed by atoms with van der Waals surface area (Å²) in [5.41, 5.74) is 4.22. The summed E-state index contributed by atoms with van der Waals surface area (Å²) < 4.78 is 24.6. The van der Waals surface area contributed by atoms with Gasteiger partial charge >= 0.3 is 5.97 Å². The number of carbonyl (C=O) groups is 2. The summed E-state index contributed by atoms with van der Waals surface area (Å²) in [5.74, 6) is 1.00. The van der Waals surface area contributed by atoms with E-state index in [2.05, 4.69) is 12.2 Å². The van der Waals surface area contributed by atoms with E-state index in [-0.39, 0.29) is 17.5 Å². The van der Waals surface area contributed by atoms with Crippen LogP contribution in [0.4, 0.5) is 4.39 Å². The molecule has 0 unspecified atom stereocenters. The van der Waals surface area contributed by atoms with Gasteiger partial charge in [0.15, 0.2) is 5.78 Å². The van der Waals surface area contributed by atoms with Gasteiger partial charge in [0.05, 0.1) is 12.7 Å². The predicted molar refractivity (Wildman–Crippen MR) is 136 cm³/mol. The lowest BCUT2D eigenvalue weighted by Crippen LogP contribution is -2.36. The number of esters is 1. The second kappa shape index (κ2) is 11.1. The van der Waals surface area contributed by atoms with Gasteiger partial charge in [0.1, 0.15) is 18.2 Å². The molecule has 7 heteroatoms. The number of nitrogens with one attached hydrogen (secondary N) is 1. The molecule has 1 N–H and O–H groups in total. The van der Waals surface area contributed by atoms with E-state index in [4.69, 9.17) is 9.47 Å². The van der Waals surface area contributed by atoms with Crippen LogP contribution in [0.2, 0.25) is 0 Å². The predicted octanol–water partition coefficient (Wildman–Crippen LogP) is 5.49. The van der Waals surface area contributed by atoms with E-state index in [1.165, 1.54) is 12.1 Å². The van der Waals surface area contributed by atoms with E-state index < -0.39 is 11.9 Å². The molecule has 0 saturated heterocycles. The van der Waals surface area contributed by atoms with Crippen LogP contribution in [0, 0.1) is 5.82 Å². The monoisotopic (exact) mass is 495 g/mol. The molecule has 1 aliphatic carbocycles. The minimum atomic E-state index is -0.595. The first kappa shape index (κ1) is 25.0. The number of methoxy groups -OCH3 is 1. The van der Waals surface area contributed by atoms with E-state index in [1.54, 1.807) is 31.0 Å². The SMILES string of the molecule is CCSCCOC(=O)C1=C(C)NC2=C(C(=O)C[C@@H](c3ccc(OC)cc3)C2)[C@H]1c1ccc(F)cc1. The molecule has 0 bridgehead atoms. The minimum absolute atomic E-state index is 0.0147. The lowest BCUT2D eigenvalue weighted by Gasteiger charge is -2.36. The van der Waals surface area contributed by atoms with Crippen molar-refractivity contribution in [1.82, 2.24) is 5.32 Å². The molecule has 0 amide bonds. The number of halogens is 1. The van der Waals surface area contributed by atoms with Gasteiger partial charge in [-0.3, -0.25) is 4.79 Å². The Bertz CT molecular complexity index is 1150. The van der Waals surface area contributed by atoms with E-state index >= 15 is 0 Å². The van der Waals surface area contributed by atoms with Crippen LogP contribution >= 0.6 is 11.8 Å². The topological polar surface area (TPSA) is 64.6 Å². The molecule has 1 heterocycles. The number of thioether (sulfide) groups is 1. The van der Waals surface area contributed by atoms with Gasteiger partial charge in [-0.25, -0.2) is 9.18 Å². The van der Waals surface area contributed by atoms with Crippen molar-refractivity contribution in [2.24, 2.45) is 0 Å². The van der Waals surface area contributed by atoms with Crippen LogP contribution in [-0.2, 0) is 14.3 Å². The van der Waals surface area contributed by atoms with Crippen molar-refractivity contribution in [1.29, 1.82) is 0 Å². The van der Waals surface area contributed by atoms with Crippen LogP contribution in [0.1, 0.15) is 49.7 Å². The normalized spacial score (nSPS) is 19.8. The highest BCUT2D eigenvalue weighted by atomic mass is 32.2. The second-order valence-electron chi connectivity index (χ2n) is 8.67. The number of allylic oxidation sites excluding steroid dienone is 3. The molecule has 2 aromatic rings. The molecule has 35 heavy (non-hydrogen) atoms. The summed E-state index contributed by atoms with van der Waals surface area (Å²) in [6.07, 6.45) is 0.969. The van der Waals surface area contributed by atoms with Crippen molar-refractivity contribution in [2.45, 2.75) is 38.5 Å². The Morgan fingerprint density at radius 1 is 1.09 bits per heavy atom. The van der Waals surface area contributed by atoms with Gasteiger partial charge in [0, 0.05) is 35.1 Å². The third-order valence-electron chi connectivity index (χ3n) is 6.50. The van der Waals surface area contributed by atoms with Crippen molar-refractivity contribution >= 4 is 23.5 Å². The second-order valence-corrected chi connectivity index (χ2v) is 10.1. The molecule has 2 aromatic carbocycles. The molecule has 0 aromatic heterocycles. The summed E-state index contributed by atoms with van der Waals surface area (Å²) in [4.78, 5) is 26.8. The van der Waals surface area contributed by atoms with Gasteiger partial charge in [0.2, 0.25) is 0 Å². The molecule has 1 aliphatic heterocycles. The first-order valence-corrected chi connectivity index (χ1v) is 13.0. The van der Waals surface area contributed by atoms with Crippen LogP contribution < -0.4 is 10.1 Å². The Morgan fingerprint density at radius 3 is 2.43 bits per heavy atom. The average molecular weight is 496 g/mol. The van der Waals surface area contributed by atoms with Crippen molar-refractivity contribution in [3.05, 3.63) is 88.0 Å². The zero-order valence-electron chi connectivity index (χ0n) is 20.2. The highest BCUT2D eigenvalue weighted by Crippen LogP contribution is 2.45. The fourth-order valence-electron chi connectivity index (χ4n) is 4.83. The molecule has 0 radical (unpaired) electrons. The largest absolute Gasteiger partial charge is 0.497 e. The molecule has 0 spiro atoms. The molecule has 4 rings (SSSR count). The third kappa shape index (κ3) is 5.45. The van der Waals surface area contributed by atoms with Crippen LogP contribution in [-0.4, -0.2) is 37.0 Å². The number of hydrogen-bond acceptors (Lipinski definition) is 6. The molecule has 0 saturated carbocycles. The Balaban J connectivity index is 1.69. The maximum Gasteiger partial charge on any atom is 0.336 e. The van der Waals surface area contributed by atoms with Crippen molar-refractivity contribution in [3.63, 3.8) is 0 Å². The zero-order chi connectivity index (χ0) is 24.9. The van der Waals surface area contributed by atoms with Crippen molar-refractivity contribution in [2.75, 3.05) is 25.2 Å². The van der Waals surface area contributed by atoms with Crippen LogP contribution in [0.5, 0.6) is 5.75 Å². The van der Waals surface area contributed by atoms with Gasteiger partial charge in [-0.1, -0.05) is 31.2 Å². The number of carbonyl (C=O) groups excluding carboxylic acids is 2. The summed E-state index contributed by atoms with van der Waals surface area (Å²) in [6, 6.07) is 13.8. The van der Waals surface area contributed by atoms with E-state index in [0.29, 0.717) is 47.6 Å². The lowest BCUT2D eigenvalue weighted by atomic mass is 9.72. The van der Waals surface area contributed by atoms with Gasteiger partial charge < -0.3 is 14.8 Å². The van der Waals surface area contributed by atoms with E-state index in [9.17, 15) is 14.0 Å². The number of hydrogen-bond donors (Lipinski definition) is 1. The number of rotatable bonds is 8. The maximum atomic E-state index is 13.7. The highest BCUT2D eigenvalue weighted by Gasteiger charge is 2.41. The summed E-state index contributed by atoms with van der Waals surface area (Å²) in [6.45, 7) is 4.18. The Hall–Kier alpha value is -3.06. The first-order chi connectivity index (χ1) is 16.9. The first-order valence-electron chi connectivity index (χ1n) is 11.8. The van der Waals surface area contributed by atoms with Gasteiger partial charge in [0.25, 0.3) is 0 Å². The molecular formula is C28H30FNO4S. The van der Waals surface area contributed by atoms with Crippen LogP contribution in [0.15, 0.2) is 71.1 Å². The molecular weight excluding hydrogens is 465 g/mol. The lowest BCUT2D eigenvalue weighted by molar-refractivity contribution is -0.138. The standard InChI is InChI=1S/C28H30FNO4S/c1-4-35-14-13-34-28(32)25-17(2)30-23-15-20(18-7-11-22(33-3)12-8-18)16-24(31)27(23)26(25)19-5-9-21(29)10-6-19/h5-12,20,26,30H,4,13-16H2,1-3H3/t20-,26-/m0/s1. The molecule has 5 nitrogen and oxygen atoms in total. The van der Waals surface area contributed by atoms with E-state index in [1.807, 2.05) is 31.2 Å². The van der Waals surface area contributed by atoms with Crippen LogP contribution in [0.25, 0.3) is 0 Å². The third-order valence-corrected chi connectivity index (χ3v) is 7.37. The maximum absolute atomic E-state index is 13.7. The zero-order valence-corrected chi connectivity index (χ0v) is 21.0. The van der Waals surface area contributed by atoms with E-state index in [0.717, 1.165) is 22.8 Å². The number of ether oxygens (including phenoxy) is 2. The number of Topliss-reactive ketones (excluding diaryl/α,β-unsaturated/α-hetero) is 1. The number of dihydropyridines is 1. The van der Waals surface area contributed by atoms with Gasteiger partial charge in [-0.05, 0) is 60.4 Å². The minimum Gasteiger partial charge on any atom is -0.497 e. The molecule has 0 fully saturated rings. The highest BCUT2D eigenvalue weighted by molar-refractivity contribution is 7.99.